The largest absolute Gasteiger partial charge is 0.344 e. The molecule has 2 N–H and O–H groups in total. The molecule has 18 heavy (non-hydrogen) atoms. The molecule has 0 unspecified atom stereocenters. The quantitative estimate of drug-likeness (QED) is 0.802. The Morgan fingerprint density at radius 1 is 1.56 bits per heavy atom. The lowest BCUT2D eigenvalue weighted by Crippen LogP contribution is -2.24. The van der Waals surface area contributed by atoms with Crippen molar-refractivity contribution in [3.05, 3.63) is 29.6 Å². The molecule has 0 spiro atoms. The van der Waals surface area contributed by atoms with E-state index in [2.05, 4.69) is 25.6 Å². The molecule has 2 aromatic heterocycles. The minimum absolute atomic E-state index is 0.175. The highest BCUT2D eigenvalue weighted by Crippen LogP contribution is 1.98. The minimum Gasteiger partial charge on any atom is -0.344 e. The number of hydrogen-bond donors (Lipinski definition) is 2. The van der Waals surface area contributed by atoms with Gasteiger partial charge in [-0.25, -0.2) is 4.98 Å². The van der Waals surface area contributed by atoms with Crippen molar-refractivity contribution in [1.82, 2.24) is 30.3 Å². The van der Waals surface area contributed by atoms with Crippen molar-refractivity contribution in [3.8, 4) is 0 Å². The molecule has 0 aliphatic carbocycles. The number of nitrogens with zero attached hydrogens (tertiary/aromatic N) is 4. The number of aromatic nitrogens is 5. The van der Waals surface area contributed by atoms with E-state index >= 15 is 0 Å². The molecule has 7 nitrogen and oxygen atoms in total. The van der Waals surface area contributed by atoms with E-state index in [1.807, 2.05) is 26.2 Å². The zero-order chi connectivity index (χ0) is 13.0. The second kappa shape index (κ2) is 5.44. The van der Waals surface area contributed by atoms with Crippen LogP contribution in [0.4, 0.5) is 0 Å². The fourth-order valence-electron chi connectivity index (χ4n) is 1.55. The molecule has 7 heteroatoms. The van der Waals surface area contributed by atoms with Crippen LogP contribution in [0.5, 0.6) is 0 Å². The summed E-state index contributed by atoms with van der Waals surface area (Å²) in [7, 11) is 1.83. The molecule has 0 saturated heterocycles. The number of nitrogens with one attached hydrogen (secondary N) is 2. The van der Waals surface area contributed by atoms with Crippen molar-refractivity contribution < 1.29 is 4.79 Å². The topological polar surface area (TPSA) is 88.5 Å². The molecular formula is C11H16N6O. The van der Waals surface area contributed by atoms with Gasteiger partial charge in [0.2, 0.25) is 5.82 Å². The number of H-pyrrole nitrogens is 1. The number of rotatable bonds is 5. The van der Waals surface area contributed by atoms with E-state index < -0.39 is 0 Å². The molecule has 2 rings (SSSR count). The molecule has 0 aliphatic rings. The van der Waals surface area contributed by atoms with Gasteiger partial charge in [-0.05, 0) is 12.5 Å². The van der Waals surface area contributed by atoms with Crippen LogP contribution in [-0.2, 0) is 20.0 Å². The van der Waals surface area contributed by atoms with E-state index in [9.17, 15) is 4.79 Å². The summed E-state index contributed by atoms with van der Waals surface area (Å²) < 4.78 is 1.69. The van der Waals surface area contributed by atoms with Gasteiger partial charge >= 0.3 is 0 Å². The summed E-state index contributed by atoms with van der Waals surface area (Å²) in [4.78, 5) is 15.9. The summed E-state index contributed by atoms with van der Waals surface area (Å²) in [6, 6.07) is 1.85. The maximum atomic E-state index is 11.8. The Balaban J connectivity index is 1.90. The number of hydrogen-bond acceptors (Lipinski definition) is 4. The zero-order valence-electron chi connectivity index (χ0n) is 10.5. The molecule has 0 aliphatic heterocycles. The first kappa shape index (κ1) is 12.3. The summed E-state index contributed by atoms with van der Waals surface area (Å²) in [6.07, 6.45) is 3.58. The van der Waals surface area contributed by atoms with Crippen LogP contribution < -0.4 is 5.32 Å². The average molecular weight is 248 g/mol. The lowest BCUT2D eigenvalue weighted by molar-refractivity contribution is 0.0940. The molecule has 0 saturated carbocycles. The van der Waals surface area contributed by atoms with Crippen LogP contribution in [0.1, 0.15) is 35.5 Å². The first-order valence-corrected chi connectivity index (χ1v) is 5.87. The second-order valence-corrected chi connectivity index (χ2v) is 4.02. The fraction of sp³-hybridized carbons (Fsp3) is 0.455. The zero-order valence-corrected chi connectivity index (χ0v) is 10.5. The van der Waals surface area contributed by atoms with Crippen molar-refractivity contribution in [2.45, 2.75) is 26.3 Å². The van der Waals surface area contributed by atoms with Gasteiger partial charge in [0, 0.05) is 19.7 Å². The van der Waals surface area contributed by atoms with Gasteiger partial charge in [-0.2, -0.15) is 5.10 Å². The number of carbonyl (C=O) groups is 1. The SMILES string of the molecule is CCCc1nc(C(=O)NCc2ccn(C)n2)n[nH]1. The normalized spacial score (nSPS) is 10.6. The molecule has 0 radical (unpaired) electrons. The number of carbonyl (C=O) groups excluding carboxylic acids is 1. The second-order valence-electron chi connectivity index (χ2n) is 4.02. The molecular weight excluding hydrogens is 232 g/mol. The molecule has 0 bridgehead atoms. The van der Waals surface area contributed by atoms with E-state index in [0.717, 1.165) is 24.4 Å². The standard InChI is InChI=1S/C11H16N6O/c1-3-4-9-13-10(15-14-9)11(18)12-7-8-5-6-17(2)16-8/h5-6H,3-4,7H2,1-2H3,(H,12,18)(H,13,14,15). The molecule has 2 aromatic rings. The predicted octanol–water partition coefficient (Wildman–Crippen LogP) is 0.421. The third-order valence-corrected chi connectivity index (χ3v) is 2.42. The van der Waals surface area contributed by atoms with Gasteiger partial charge in [0.25, 0.3) is 5.91 Å². The maximum Gasteiger partial charge on any atom is 0.291 e. The van der Waals surface area contributed by atoms with Crippen molar-refractivity contribution in [2.24, 2.45) is 7.05 Å². The van der Waals surface area contributed by atoms with Crippen LogP contribution in [0.2, 0.25) is 0 Å². The summed E-state index contributed by atoms with van der Waals surface area (Å²) in [5.41, 5.74) is 0.801. The summed E-state index contributed by atoms with van der Waals surface area (Å²) in [6.45, 7) is 2.42. The molecule has 1 amide bonds. The summed E-state index contributed by atoms with van der Waals surface area (Å²) in [5.74, 6) is 0.620. The van der Waals surface area contributed by atoms with Crippen LogP contribution in [0.3, 0.4) is 0 Å². The van der Waals surface area contributed by atoms with E-state index in [4.69, 9.17) is 0 Å². The van der Waals surface area contributed by atoms with Crippen molar-refractivity contribution in [1.29, 1.82) is 0 Å². The average Bonchev–Trinajstić information content (AvgIpc) is 2.96. The van der Waals surface area contributed by atoms with Gasteiger partial charge in [0.1, 0.15) is 5.82 Å². The van der Waals surface area contributed by atoms with E-state index in [1.165, 1.54) is 0 Å². The van der Waals surface area contributed by atoms with Gasteiger partial charge in [-0.3, -0.25) is 14.6 Å². The van der Waals surface area contributed by atoms with Gasteiger partial charge in [0.05, 0.1) is 12.2 Å². The Morgan fingerprint density at radius 2 is 2.39 bits per heavy atom. The van der Waals surface area contributed by atoms with E-state index in [1.54, 1.807) is 4.68 Å². The fourth-order valence-corrected chi connectivity index (χ4v) is 1.55. The number of aryl methyl sites for hydroxylation is 2. The molecule has 2 heterocycles. The van der Waals surface area contributed by atoms with E-state index in [0.29, 0.717) is 6.54 Å². The van der Waals surface area contributed by atoms with Gasteiger partial charge in [-0.1, -0.05) is 6.92 Å². The minimum atomic E-state index is -0.292. The highest BCUT2D eigenvalue weighted by Gasteiger charge is 2.12. The lowest BCUT2D eigenvalue weighted by Gasteiger charge is -1.98. The highest BCUT2D eigenvalue weighted by atomic mass is 16.2. The van der Waals surface area contributed by atoms with Crippen LogP contribution >= 0.6 is 0 Å². The van der Waals surface area contributed by atoms with Gasteiger partial charge < -0.3 is 5.32 Å². The number of amides is 1. The van der Waals surface area contributed by atoms with Crippen LogP contribution in [0.15, 0.2) is 12.3 Å². The molecule has 0 aromatic carbocycles. The van der Waals surface area contributed by atoms with Crippen LogP contribution in [0.25, 0.3) is 0 Å². The van der Waals surface area contributed by atoms with Gasteiger partial charge in [-0.15, -0.1) is 5.10 Å². The lowest BCUT2D eigenvalue weighted by atomic mass is 10.3. The molecule has 0 fully saturated rings. The van der Waals surface area contributed by atoms with E-state index in [-0.39, 0.29) is 11.7 Å². The summed E-state index contributed by atoms with van der Waals surface area (Å²) in [5, 5.41) is 13.5. The predicted molar refractivity (Wildman–Crippen MR) is 64.8 cm³/mol. The van der Waals surface area contributed by atoms with Crippen molar-refractivity contribution in [3.63, 3.8) is 0 Å². The van der Waals surface area contributed by atoms with Crippen LogP contribution in [0, 0.1) is 0 Å². The third kappa shape index (κ3) is 2.93. The van der Waals surface area contributed by atoms with Crippen molar-refractivity contribution in [2.75, 3.05) is 0 Å². The van der Waals surface area contributed by atoms with Crippen molar-refractivity contribution >= 4 is 5.91 Å². The summed E-state index contributed by atoms with van der Waals surface area (Å²) >= 11 is 0. The first-order valence-electron chi connectivity index (χ1n) is 5.87. The highest BCUT2D eigenvalue weighted by molar-refractivity contribution is 5.90. The Bertz CT molecular complexity index is 529. The molecule has 0 atom stereocenters. The maximum absolute atomic E-state index is 11.8. The molecule has 96 valence electrons. The van der Waals surface area contributed by atoms with Crippen LogP contribution in [-0.4, -0.2) is 30.9 Å². The van der Waals surface area contributed by atoms with Gasteiger partial charge in [0.15, 0.2) is 0 Å². The monoisotopic (exact) mass is 248 g/mol. The third-order valence-electron chi connectivity index (χ3n) is 2.42. The number of aromatic amines is 1. The Hall–Kier alpha value is -2.18. The Kier molecular flexibility index (Phi) is 3.71. The Morgan fingerprint density at radius 3 is 3.06 bits per heavy atom. The smallest absolute Gasteiger partial charge is 0.291 e. The first-order chi connectivity index (χ1) is 8.69. The Labute approximate surface area is 105 Å².